The van der Waals surface area contributed by atoms with Crippen LogP contribution in [0.1, 0.15) is 12.5 Å². The molecule has 122 valence electrons. The van der Waals surface area contributed by atoms with Crippen LogP contribution < -0.4 is 10.1 Å². The first-order chi connectivity index (χ1) is 11.7. The first kappa shape index (κ1) is 15.8. The minimum Gasteiger partial charge on any atom is -0.497 e. The van der Waals surface area contributed by atoms with Crippen molar-refractivity contribution in [2.24, 2.45) is 0 Å². The number of methoxy groups -OCH3 is 1. The number of hydrogen-bond acceptors (Lipinski definition) is 4. The van der Waals surface area contributed by atoms with Gasteiger partial charge in [-0.1, -0.05) is 36.4 Å². The molecule has 2 aromatic carbocycles. The quantitative estimate of drug-likeness (QED) is 0.860. The smallest absolute Gasteiger partial charge is 0.278 e. The Labute approximate surface area is 140 Å². The zero-order chi connectivity index (χ0) is 17.1. The van der Waals surface area contributed by atoms with E-state index in [0.29, 0.717) is 29.3 Å². The SMILES string of the molecule is CCN1C(=O)C(Nc2cccc(OC)c2)=C(c2ccccc2)C1=O. The minimum absolute atomic E-state index is 0.279. The summed E-state index contributed by atoms with van der Waals surface area (Å²) < 4.78 is 5.20. The third-order valence-corrected chi connectivity index (χ3v) is 3.89. The summed E-state index contributed by atoms with van der Waals surface area (Å²) >= 11 is 0. The van der Waals surface area contributed by atoms with Gasteiger partial charge < -0.3 is 10.1 Å². The number of carbonyl (C=O) groups is 2. The Bertz CT molecular complexity index is 812. The molecule has 0 spiro atoms. The fourth-order valence-corrected chi connectivity index (χ4v) is 2.70. The highest BCUT2D eigenvalue weighted by Crippen LogP contribution is 2.30. The van der Waals surface area contributed by atoms with Crippen molar-refractivity contribution in [1.82, 2.24) is 4.90 Å². The van der Waals surface area contributed by atoms with E-state index in [4.69, 9.17) is 4.74 Å². The van der Waals surface area contributed by atoms with E-state index in [0.717, 1.165) is 5.56 Å². The lowest BCUT2D eigenvalue weighted by Crippen LogP contribution is -2.32. The van der Waals surface area contributed by atoms with Gasteiger partial charge in [0, 0.05) is 18.3 Å². The zero-order valence-corrected chi connectivity index (χ0v) is 13.6. The van der Waals surface area contributed by atoms with Gasteiger partial charge >= 0.3 is 0 Å². The van der Waals surface area contributed by atoms with E-state index in [1.54, 1.807) is 20.1 Å². The molecule has 1 N–H and O–H groups in total. The average molecular weight is 322 g/mol. The number of imide groups is 1. The highest BCUT2D eigenvalue weighted by Gasteiger charge is 2.38. The Balaban J connectivity index is 2.06. The van der Waals surface area contributed by atoms with Crippen LogP contribution in [0, 0.1) is 0 Å². The summed E-state index contributed by atoms with van der Waals surface area (Å²) in [4.78, 5) is 26.5. The van der Waals surface area contributed by atoms with E-state index >= 15 is 0 Å². The Hall–Kier alpha value is -3.08. The number of amides is 2. The van der Waals surface area contributed by atoms with Crippen LogP contribution in [-0.4, -0.2) is 30.4 Å². The van der Waals surface area contributed by atoms with Gasteiger partial charge in [0.05, 0.1) is 12.7 Å². The van der Waals surface area contributed by atoms with Crippen LogP contribution in [0.15, 0.2) is 60.3 Å². The van der Waals surface area contributed by atoms with Crippen molar-refractivity contribution in [2.75, 3.05) is 19.0 Å². The van der Waals surface area contributed by atoms with Crippen LogP contribution in [0.4, 0.5) is 5.69 Å². The molecule has 1 heterocycles. The van der Waals surface area contributed by atoms with Crippen LogP contribution >= 0.6 is 0 Å². The lowest BCUT2D eigenvalue weighted by molar-refractivity contribution is -0.136. The molecule has 24 heavy (non-hydrogen) atoms. The number of ether oxygens (including phenoxy) is 1. The van der Waals surface area contributed by atoms with E-state index in [2.05, 4.69) is 5.32 Å². The Morgan fingerprint density at radius 1 is 1.00 bits per heavy atom. The predicted molar refractivity (Wildman–Crippen MR) is 92.4 cm³/mol. The number of nitrogens with one attached hydrogen (secondary N) is 1. The molecule has 2 aromatic rings. The van der Waals surface area contributed by atoms with Gasteiger partial charge in [-0.3, -0.25) is 14.5 Å². The molecule has 0 bridgehead atoms. The standard InChI is InChI=1S/C19H18N2O3/c1-3-21-18(22)16(13-8-5-4-6-9-13)17(19(21)23)20-14-10-7-11-15(12-14)24-2/h4-12,20H,3H2,1-2H3. The fraction of sp³-hybridized carbons (Fsp3) is 0.158. The van der Waals surface area contributed by atoms with Gasteiger partial charge in [-0.05, 0) is 24.6 Å². The molecule has 5 heteroatoms. The second-order valence-corrected chi connectivity index (χ2v) is 5.33. The monoisotopic (exact) mass is 322 g/mol. The Kier molecular flexibility index (Phi) is 4.33. The van der Waals surface area contributed by atoms with Crippen molar-refractivity contribution in [3.63, 3.8) is 0 Å². The lowest BCUT2D eigenvalue weighted by Gasteiger charge is -2.12. The van der Waals surface area contributed by atoms with E-state index < -0.39 is 0 Å². The molecule has 0 saturated carbocycles. The maximum absolute atomic E-state index is 12.7. The minimum atomic E-state index is -0.316. The van der Waals surface area contributed by atoms with Crippen molar-refractivity contribution >= 4 is 23.1 Å². The van der Waals surface area contributed by atoms with Gasteiger partial charge in [0.25, 0.3) is 11.8 Å². The summed E-state index contributed by atoms with van der Waals surface area (Å²) in [5.74, 6) is 0.0780. The Morgan fingerprint density at radius 3 is 2.42 bits per heavy atom. The number of likely N-dealkylation sites (N-methyl/N-ethyl adjacent to an activating group) is 1. The molecule has 3 rings (SSSR count). The van der Waals surface area contributed by atoms with Gasteiger partial charge in [-0.25, -0.2) is 0 Å². The normalized spacial score (nSPS) is 14.3. The summed E-state index contributed by atoms with van der Waals surface area (Å²) in [6.07, 6.45) is 0. The Morgan fingerprint density at radius 2 is 1.75 bits per heavy atom. The molecule has 0 aromatic heterocycles. The van der Waals surface area contributed by atoms with Gasteiger partial charge in [-0.15, -0.1) is 0 Å². The molecule has 0 atom stereocenters. The molecular formula is C19H18N2O3. The molecule has 0 radical (unpaired) electrons. The van der Waals surface area contributed by atoms with Crippen LogP contribution in [-0.2, 0) is 9.59 Å². The molecule has 1 aliphatic heterocycles. The van der Waals surface area contributed by atoms with Crippen LogP contribution in [0.3, 0.4) is 0 Å². The van der Waals surface area contributed by atoms with Gasteiger partial charge in [0.2, 0.25) is 0 Å². The molecule has 0 fully saturated rings. The third-order valence-electron chi connectivity index (χ3n) is 3.89. The van der Waals surface area contributed by atoms with Gasteiger partial charge in [0.15, 0.2) is 0 Å². The molecule has 2 amide bonds. The summed E-state index contributed by atoms with van der Waals surface area (Å²) in [6.45, 7) is 2.12. The third kappa shape index (κ3) is 2.76. The summed E-state index contributed by atoms with van der Waals surface area (Å²) in [5, 5.41) is 3.10. The topological polar surface area (TPSA) is 58.6 Å². The van der Waals surface area contributed by atoms with Gasteiger partial charge in [-0.2, -0.15) is 0 Å². The van der Waals surface area contributed by atoms with E-state index in [9.17, 15) is 9.59 Å². The van der Waals surface area contributed by atoms with E-state index in [1.165, 1.54) is 4.90 Å². The number of nitrogens with zero attached hydrogens (tertiary/aromatic N) is 1. The number of hydrogen-bond donors (Lipinski definition) is 1. The first-order valence-electron chi connectivity index (χ1n) is 7.72. The fourth-order valence-electron chi connectivity index (χ4n) is 2.70. The molecule has 1 aliphatic rings. The summed E-state index contributed by atoms with van der Waals surface area (Å²) in [5.41, 5.74) is 2.10. The number of carbonyl (C=O) groups excluding carboxylic acids is 2. The van der Waals surface area contributed by atoms with Crippen molar-refractivity contribution < 1.29 is 14.3 Å². The summed E-state index contributed by atoms with van der Waals surface area (Å²) in [6, 6.07) is 16.5. The van der Waals surface area contributed by atoms with Crippen LogP contribution in [0.2, 0.25) is 0 Å². The summed E-state index contributed by atoms with van der Waals surface area (Å²) in [7, 11) is 1.58. The predicted octanol–water partition coefficient (Wildman–Crippen LogP) is 2.91. The maximum Gasteiger partial charge on any atom is 0.278 e. The largest absolute Gasteiger partial charge is 0.497 e. The number of rotatable bonds is 5. The molecule has 5 nitrogen and oxygen atoms in total. The van der Waals surface area contributed by atoms with Crippen molar-refractivity contribution in [3.8, 4) is 5.75 Å². The maximum atomic E-state index is 12.7. The number of anilines is 1. The second kappa shape index (κ2) is 6.58. The molecule has 0 saturated heterocycles. The van der Waals surface area contributed by atoms with Crippen molar-refractivity contribution in [3.05, 3.63) is 65.9 Å². The first-order valence-corrected chi connectivity index (χ1v) is 7.72. The van der Waals surface area contributed by atoms with Crippen molar-refractivity contribution in [1.29, 1.82) is 0 Å². The second-order valence-electron chi connectivity index (χ2n) is 5.33. The lowest BCUT2D eigenvalue weighted by atomic mass is 10.0. The average Bonchev–Trinajstić information content (AvgIpc) is 2.85. The van der Waals surface area contributed by atoms with E-state index in [-0.39, 0.29) is 11.8 Å². The van der Waals surface area contributed by atoms with Crippen LogP contribution in [0.25, 0.3) is 5.57 Å². The van der Waals surface area contributed by atoms with Crippen LogP contribution in [0.5, 0.6) is 5.75 Å². The highest BCUT2D eigenvalue weighted by atomic mass is 16.5. The van der Waals surface area contributed by atoms with Gasteiger partial charge in [0.1, 0.15) is 11.4 Å². The molecular weight excluding hydrogens is 304 g/mol. The van der Waals surface area contributed by atoms with Crippen molar-refractivity contribution in [2.45, 2.75) is 6.92 Å². The molecule has 0 unspecified atom stereocenters. The van der Waals surface area contributed by atoms with E-state index in [1.807, 2.05) is 48.5 Å². The number of benzene rings is 2. The molecule has 0 aliphatic carbocycles. The zero-order valence-electron chi connectivity index (χ0n) is 13.6. The highest BCUT2D eigenvalue weighted by molar-refractivity contribution is 6.36.